The van der Waals surface area contributed by atoms with E-state index < -0.39 is 21.3 Å². The van der Waals surface area contributed by atoms with Crippen LogP contribution in [0, 0.1) is 22.2 Å². The average Bonchev–Trinajstić information content (AvgIpc) is 3.56. The van der Waals surface area contributed by atoms with Crippen LogP contribution in [0.2, 0.25) is 0 Å². The molecule has 2 fully saturated rings. The van der Waals surface area contributed by atoms with Gasteiger partial charge in [0, 0.05) is 25.9 Å². The van der Waals surface area contributed by atoms with Gasteiger partial charge in [-0.1, -0.05) is 20.8 Å². The van der Waals surface area contributed by atoms with E-state index >= 15 is 0 Å². The second kappa shape index (κ2) is 12.3. The Morgan fingerprint density at radius 2 is 1.17 bits per heavy atom. The third-order valence-electron chi connectivity index (χ3n) is 8.18. The zero-order valence-corrected chi connectivity index (χ0v) is 25.9. The van der Waals surface area contributed by atoms with Crippen molar-refractivity contribution in [1.82, 2.24) is 9.80 Å². The summed E-state index contributed by atoms with van der Waals surface area (Å²) in [4.78, 5) is 28.5. The fourth-order valence-corrected chi connectivity index (χ4v) is 6.74. The predicted molar refractivity (Wildman–Crippen MR) is 158 cm³/mol. The van der Waals surface area contributed by atoms with Gasteiger partial charge >= 0.3 is 0 Å². The number of sulfone groups is 1. The van der Waals surface area contributed by atoms with Crippen molar-refractivity contribution in [3.63, 3.8) is 0 Å². The summed E-state index contributed by atoms with van der Waals surface area (Å²) >= 11 is 0. The first-order chi connectivity index (χ1) is 19.7. The van der Waals surface area contributed by atoms with E-state index in [0.717, 1.165) is 19.4 Å². The average molecular weight is 596 g/mol. The van der Waals surface area contributed by atoms with Gasteiger partial charge in [-0.2, -0.15) is 5.26 Å². The summed E-state index contributed by atoms with van der Waals surface area (Å²) in [6.07, 6.45) is 2.64. The summed E-state index contributed by atoms with van der Waals surface area (Å²) in [5.41, 5.74) is -0.976. The Balaban J connectivity index is 1.40. The lowest BCUT2D eigenvalue weighted by Gasteiger charge is -2.37. The molecule has 0 N–H and O–H groups in total. The maximum atomic E-state index is 13.3. The molecule has 2 unspecified atom stereocenters. The van der Waals surface area contributed by atoms with Gasteiger partial charge in [-0.15, -0.1) is 0 Å². The van der Waals surface area contributed by atoms with Crippen molar-refractivity contribution in [2.45, 2.75) is 82.2 Å². The normalized spacial score (nSPS) is 17.7. The quantitative estimate of drug-likeness (QED) is 0.364. The van der Waals surface area contributed by atoms with Crippen LogP contribution in [0.15, 0.2) is 58.3 Å². The fraction of sp³-hybridized carbons (Fsp3) is 0.531. The highest BCUT2D eigenvalue weighted by Gasteiger charge is 2.39. The molecule has 0 bridgehead atoms. The number of hydrogen-bond acceptors (Lipinski definition) is 7. The van der Waals surface area contributed by atoms with Gasteiger partial charge in [0.05, 0.1) is 33.4 Å². The first-order valence-electron chi connectivity index (χ1n) is 14.4. The topological polar surface area (TPSA) is 117 Å². The minimum Gasteiger partial charge on any atom is -0.491 e. The Kier molecular flexibility index (Phi) is 9.21. The number of nitrogens with zero attached hydrogens (tertiary/aromatic N) is 3. The molecule has 10 heteroatoms. The number of hydrogen-bond donors (Lipinski definition) is 0. The molecule has 0 aliphatic carbocycles. The molecule has 2 aromatic rings. The van der Waals surface area contributed by atoms with E-state index in [0.29, 0.717) is 37.5 Å². The summed E-state index contributed by atoms with van der Waals surface area (Å²) in [6, 6.07) is 14.2. The molecule has 226 valence electrons. The number of ether oxygens (including phenoxy) is 2. The monoisotopic (exact) mass is 595 g/mol. The first kappa shape index (κ1) is 31.4. The second-order valence-corrected chi connectivity index (χ2v) is 14.6. The molecule has 9 nitrogen and oxygen atoms in total. The largest absolute Gasteiger partial charge is 0.491 e. The van der Waals surface area contributed by atoms with Gasteiger partial charge in [0.2, 0.25) is 21.7 Å². The maximum Gasteiger partial charge on any atom is 0.223 e. The number of rotatable bonds is 11. The van der Waals surface area contributed by atoms with E-state index in [2.05, 4.69) is 26.8 Å². The van der Waals surface area contributed by atoms with E-state index in [1.165, 1.54) is 24.3 Å². The van der Waals surface area contributed by atoms with E-state index in [-0.39, 0.29) is 39.7 Å². The van der Waals surface area contributed by atoms with Crippen LogP contribution in [0.1, 0.15) is 60.3 Å². The van der Waals surface area contributed by atoms with Crippen LogP contribution in [0.5, 0.6) is 11.5 Å². The lowest BCUT2D eigenvalue weighted by molar-refractivity contribution is -0.133. The Morgan fingerprint density at radius 3 is 1.52 bits per heavy atom. The summed E-state index contributed by atoms with van der Waals surface area (Å²) in [5.74, 6) is 1.14. The van der Waals surface area contributed by atoms with Crippen molar-refractivity contribution >= 4 is 21.7 Å². The van der Waals surface area contributed by atoms with E-state index in [1.54, 1.807) is 43.0 Å². The molecule has 2 aliphatic rings. The van der Waals surface area contributed by atoms with Crippen molar-refractivity contribution in [1.29, 1.82) is 5.26 Å². The summed E-state index contributed by atoms with van der Waals surface area (Å²) in [7, 11) is -3.79. The molecule has 4 rings (SSSR count). The number of carbonyl (C=O) groups is 2. The molecule has 2 atom stereocenters. The first-order valence-corrected chi connectivity index (χ1v) is 15.9. The Hall–Kier alpha value is -3.58. The molecule has 2 heterocycles. The van der Waals surface area contributed by atoms with E-state index in [4.69, 9.17) is 9.47 Å². The third kappa shape index (κ3) is 6.89. The maximum absolute atomic E-state index is 13.3. The highest BCUT2D eigenvalue weighted by molar-refractivity contribution is 7.91. The molecule has 2 amide bonds. The highest BCUT2D eigenvalue weighted by Crippen LogP contribution is 2.31. The van der Waals surface area contributed by atoms with E-state index in [1.807, 2.05) is 4.90 Å². The third-order valence-corrected chi connectivity index (χ3v) is 9.96. The minimum absolute atomic E-state index is 0.0143. The van der Waals surface area contributed by atoms with Crippen LogP contribution in [-0.2, 0) is 19.4 Å². The van der Waals surface area contributed by atoms with Crippen LogP contribution in [0.25, 0.3) is 0 Å². The van der Waals surface area contributed by atoms with Gasteiger partial charge in [0.15, 0.2) is 0 Å². The van der Waals surface area contributed by atoms with Crippen molar-refractivity contribution in [2.75, 3.05) is 26.3 Å². The number of amides is 2. The summed E-state index contributed by atoms with van der Waals surface area (Å²) in [6.45, 7) is 11.6. The number of likely N-dealkylation sites (tertiary alicyclic amines) is 2. The van der Waals surface area contributed by atoms with Crippen LogP contribution in [-0.4, -0.2) is 68.4 Å². The molecule has 0 saturated carbocycles. The van der Waals surface area contributed by atoms with Crippen molar-refractivity contribution in [3.05, 3.63) is 48.5 Å². The van der Waals surface area contributed by atoms with Crippen molar-refractivity contribution in [3.8, 4) is 17.6 Å². The molecular formula is C32H41N3O6S. The molecule has 0 aromatic heterocycles. The highest BCUT2D eigenvalue weighted by atomic mass is 32.2. The van der Waals surface area contributed by atoms with Gasteiger partial charge < -0.3 is 19.3 Å². The summed E-state index contributed by atoms with van der Waals surface area (Å²) < 4.78 is 38.6. The lowest BCUT2D eigenvalue weighted by atomic mass is 9.85. The van der Waals surface area contributed by atoms with Crippen molar-refractivity contribution in [2.24, 2.45) is 10.8 Å². The molecule has 0 spiro atoms. The minimum atomic E-state index is -3.79. The molecule has 2 aromatic carbocycles. The zero-order valence-electron chi connectivity index (χ0n) is 25.1. The molecule has 0 radical (unpaired) electrons. The van der Waals surface area contributed by atoms with Crippen LogP contribution in [0.3, 0.4) is 0 Å². The molecule has 2 aliphatic heterocycles. The predicted octanol–water partition coefficient (Wildman–Crippen LogP) is 4.85. The number of benzene rings is 2. The van der Waals surface area contributed by atoms with Gasteiger partial charge in [0.25, 0.3) is 0 Å². The van der Waals surface area contributed by atoms with Gasteiger partial charge in [-0.05, 0) is 80.6 Å². The van der Waals surface area contributed by atoms with Crippen molar-refractivity contribution < 1.29 is 27.5 Å². The van der Waals surface area contributed by atoms with Crippen LogP contribution in [0.4, 0.5) is 0 Å². The lowest BCUT2D eigenvalue weighted by Crippen LogP contribution is -2.49. The molecule has 2 saturated heterocycles. The van der Waals surface area contributed by atoms with Gasteiger partial charge in [0.1, 0.15) is 24.7 Å². The molecule has 42 heavy (non-hydrogen) atoms. The number of nitriles is 1. The van der Waals surface area contributed by atoms with Gasteiger partial charge in [-0.3, -0.25) is 9.59 Å². The standard InChI is InChI=1S/C32H41N3O6S/c1-31(2,3)27(34-18-6-8-29(34)36)20-40-23-10-14-25(15-11-23)42(38,39)26-16-12-24(13-17-26)41-21-28(32(4,5)22-33)35-19-7-9-30(35)37/h10-17,27-28H,6-9,18-21H2,1-5H3. The van der Waals surface area contributed by atoms with Crippen LogP contribution < -0.4 is 9.47 Å². The fourth-order valence-electron chi connectivity index (χ4n) is 5.48. The van der Waals surface area contributed by atoms with Crippen LogP contribution >= 0.6 is 0 Å². The Bertz CT molecular complexity index is 1420. The van der Waals surface area contributed by atoms with E-state index in [9.17, 15) is 23.3 Å². The Labute approximate surface area is 249 Å². The zero-order chi connectivity index (χ0) is 30.7. The van der Waals surface area contributed by atoms with Gasteiger partial charge in [-0.25, -0.2) is 8.42 Å². The smallest absolute Gasteiger partial charge is 0.223 e. The summed E-state index contributed by atoms with van der Waals surface area (Å²) in [5, 5.41) is 9.67. The second-order valence-electron chi connectivity index (χ2n) is 12.7. The number of carbonyl (C=O) groups excluding carboxylic acids is 2. The Morgan fingerprint density at radius 1 is 0.762 bits per heavy atom. The SMILES string of the molecule is CC(C)(C)C(COc1ccc(S(=O)(=O)c2ccc(OCC(N3CCCC3=O)C(C)(C)C#N)cc2)cc1)N1CCCC1=O. The molecular weight excluding hydrogens is 554 g/mol.